The Hall–Kier alpha value is -1.55. The van der Waals surface area contributed by atoms with Crippen molar-refractivity contribution in [1.29, 1.82) is 0 Å². The van der Waals surface area contributed by atoms with Crippen LogP contribution in [-0.4, -0.2) is 19.1 Å². The molecule has 0 aliphatic rings. The summed E-state index contributed by atoms with van der Waals surface area (Å²) in [5.74, 6) is 0.887. The van der Waals surface area contributed by atoms with E-state index < -0.39 is 0 Å². The lowest BCUT2D eigenvalue weighted by Crippen LogP contribution is -1.91. The molecule has 84 valence electrons. The van der Waals surface area contributed by atoms with Crippen molar-refractivity contribution in [2.75, 3.05) is 19.5 Å². The number of benzene rings is 1. The van der Waals surface area contributed by atoms with Gasteiger partial charge in [-0.25, -0.2) is 4.98 Å². The molecule has 2 aromatic rings. The summed E-state index contributed by atoms with van der Waals surface area (Å²) in [7, 11) is 3.56. The standard InChI is InChI=1S/C12H14N2OS/c1-13-12-14-10(8-16-12)7-9-3-5-11(15-2)6-4-9/h3-6,8H,7H2,1-2H3,(H,13,14). The van der Waals surface area contributed by atoms with E-state index in [1.165, 1.54) is 5.56 Å². The summed E-state index contributed by atoms with van der Waals surface area (Å²) in [6.07, 6.45) is 0.863. The summed E-state index contributed by atoms with van der Waals surface area (Å²) in [4.78, 5) is 4.44. The van der Waals surface area contributed by atoms with Gasteiger partial charge in [-0.3, -0.25) is 0 Å². The number of thiazole rings is 1. The molecule has 0 saturated heterocycles. The van der Waals surface area contributed by atoms with E-state index in [0.29, 0.717) is 0 Å². The van der Waals surface area contributed by atoms with Gasteiger partial charge in [-0.1, -0.05) is 12.1 Å². The highest BCUT2D eigenvalue weighted by atomic mass is 32.1. The molecular weight excluding hydrogens is 220 g/mol. The van der Waals surface area contributed by atoms with Gasteiger partial charge in [0.1, 0.15) is 5.75 Å². The molecule has 0 amide bonds. The Morgan fingerprint density at radius 3 is 2.62 bits per heavy atom. The van der Waals surface area contributed by atoms with Crippen LogP contribution in [0.15, 0.2) is 29.6 Å². The van der Waals surface area contributed by atoms with Crippen LogP contribution >= 0.6 is 11.3 Å². The van der Waals surface area contributed by atoms with Crippen LogP contribution in [0.1, 0.15) is 11.3 Å². The van der Waals surface area contributed by atoms with Gasteiger partial charge in [0.05, 0.1) is 12.8 Å². The fourth-order valence-corrected chi connectivity index (χ4v) is 2.13. The number of rotatable bonds is 4. The average Bonchev–Trinajstić information content (AvgIpc) is 2.78. The number of anilines is 1. The van der Waals surface area contributed by atoms with Gasteiger partial charge in [0.15, 0.2) is 5.13 Å². The van der Waals surface area contributed by atoms with Gasteiger partial charge in [0.25, 0.3) is 0 Å². The Labute approximate surface area is 99.1 Å². The van der Waals surface area contributed by atoms with Gasteiger partial charge < -0.3 is 10.1 Å². The average molecular weight is 234 g/mol. The number of aromatic nitrogens is 1. The number of hydrogen-bond donors (Lipinski definition) is 1. The SMILES string of the molecule is CNc1nc(Cc2ccc(OC)cc2)cs1. The molecule has 1 aromatic heterocycles. The number of ether oxygens (including phenoxy) is 1. The second-order valence-electron chi connectivity index (χ2n) is 3.42. The van der Waals surface area contributed by atoms with Gasteiger partial charge in [-0.2, -0.15) is 0 Å². The minimum atomic E-state index is 0.863. The van der Waals surface area contributed by atoms with Crippen molar-refractivity contribution in [1.82, 2.24) is 4.98 Å². The lowest BCUT2D eigenvalue weighted by Gasteiger charge is -2.01. The molecule has 0 spiro atoms. The molecule has 0 fully saturated rings. The molecule has 1 heterocycles. The summed E-state index contributed by atoms with van der Waals surface area (Å²) in [6.45, 7) is 0. The van der Waals surface area contributed by atoms with Crippen molar-refractivity contribution in [3.63, 3.8) is 0 Å². The van der Waals surface area contributed by atoms with Crippen molar-refractivity contribution in [3.05, 3.63) is 40.9 Å². The van der Waals surface area contributed by atoms with Crippen LogP contribution in [0.3, 0.4) is 0 Å². The van der Waals surface area contributed by atoms with E-state index in [-0.39, 0.29) is 0 Å². The summed E-state index contributed by atoms with van der Waals surface area (Å²) in [5, 5.41) is 6.08. The molecule has 0 unspecified atom stereocenters. The summed E-state index contributed by atoms with van der Waals surface area (Å²) >= 11 is 1.63. The highest BCUT2D eigenvalue weighted by Crippen LogP contribution is 2.18. The molecular formula is C12H14N2OS. The third kappa shape index (κ3) is 2.52. The molecule has 2 rings (SSSR count). The highest BCUT2D eigenvalue weighted by Gasteiger charge is 2.01. The van der Waals surface area contributed by atoms with E-state index in [9.17, 15) is 0 Å². The molecule has 0 saturated carbocycles. The molecule has 0 radical (unpaired) electrons. The lowest BCUT2D eigenvalue weighted by molar-refractivity contribution is 0.414. The van der Waals surface area contributed by atoms with Crippen LogP contribution in [0.5, 0.6) is 5.75 Å². The Balaban J connectivity index is 2.08. The molecule has 4 heteroatoms. The predicted octanol–water partition coefficient (Wildman–Crippen LogP) is 2.78. The van der Waals surface area contributed by atoms with Crippen LogP contribution in [0.4, 0.5) is 5.13 Å². The molecule has 1 aromatic carbocycles. The molecule has 0 aliphatic carbocycles. The number of nitrogens with zero attached hydrogens (tertiary/aromatic N) is 1. The first-order chi connectivity index (χ1) is 7.81. The fourth-order valence-electron chi connectivity index (χ4n) is 1.46. The zero-order valence-corrected chi connectivity index (χ0v) is 10.2. The third-order valence-corrected chi connectivity index (χ3v) is 3.22. The Morgan fingerprint density at radius 1 is 1.31 bits per heavy atom. The first-order valence-electron chi connectivity index (χ1n) is 5.07. The van der Waals surface area contributed by atoms with Gasteiger partial charge in [0, 0.05) is 18.8 Å². The zero-order chi connectivity index (χ0) is 11.4. The number of hydrogen-bond acceptors (Lipinski definition) is 4. The third-order valence-electron chi connectivity index (χ3n) is 2.31. The van der Waals surface area contributed by atoms with Crippen LogP contribution in [0, 0.1) is 0 Å². The highest BCUT2D eigenvalue weighted by molar-refractivity contribution is 7.13. The van der Waals surface area contributed by atoms with Crippen LogP contribution in [-0.2, 0) is 6.42 Å². The summed E-state index contributed by atoms with van der Waals surface area (Å²) < 4.78 is 5.12. The van der Waals surface area contributed by atoms with E-state index in [4.69, 9.17) is 4.74 Å². The topological polar surface area (TPSA) is 34.2 Å². The summed E-state index contributed by atoms with van der Waals surface area (Å²) in [6, 6.07) is 8.08. The zero-order valence-electron chi connectivity index (χ0n) is 9.36. The van der Waals surface area contributed by atoms with E-state index in [2.05, 4.69) is 27.8 Å². The minimum absolute atomic E-state index is 0.863. The van der Waals surface area contributed by atoms with Gasteiger partial charge >= 0.3 is 0 Å². The van der Waals surface area contributed by atoms with Crippen molar-refractivity contribution < 1.29 is 4.74 Å². The second kappa shape index (κ2) is 4.99. The fraction of sp³-hybridized carbons (Fsp3) is 0.250. The Bertz CT molecular complexity index is 450. The van der Waals surface area contributed by atoms with E-state index in [1.807, 2.05) is 19.2 Å². The molecule has 3 nitrogen and oxygen atoms in total. The quantitative estimate of drug-likeness (QED) is 0.883. The van der Waals surface area contributed by atoms with Gasteiger partial charge in [-0.15, -0.1) is 11.3 Å². The second-order valence-corrected chi connectivity index (χ2v) is 4.28. The maximum atomic E-state index is 5.12. The summed E-state index contributed by atoms with van der Waals surface area (Å²) in [5.41, 5.74) is 2.34. The minimum Gasteiger partial charge on any atom is -0.497 e. The van der Waals surface area contributed by atoms with Crippen molar-refractivity contribution in [2.24, 2.45) is 0 Å². The maximum absolute atomic E-state index is 5.12. The smallest absolute Gasteiger partial charge is 0.182 e. The number of nitrogens with one attached hydrogen (secondary N) is 1. The predicted molar refractivity (Wildman–Crippen MR) is 67.5 cm³/mol. The molecule has 1 N–H and O–H groups in total. The number of methoxy groups -OCH3 is 1. The van der Waals surface area contributed by atoms with E-state index in [1.54, 1.807) is 18.4 Å². The maximum Gasteiger partial charge on any atom is 0.182 e. The first-order valence-corrected chi connectivity index (χ1v) is 5.95. The van der Waals surface area contributed by atoms with Crippen molar-refractivity contribution >= 4 is 16.5 Å². The van der Waals surface area contributed by atoms with Gasteiger partial charge in [0.2, 0.25) is 0 Å². The largest absolute Gasteiger partial charge is 0.497 e. The van der Waals surface area contributed by atoms with Crippen molar-refractivity contribution in [3.8, 4) is 5.75 Å². The molecule has 0 aliphatic heterocycles. The van der Waals surface area contributed by atoms with E-state index >= 15 is 0 Å². The molecule has 0 bridgehead atoms. The van der Waals surface area contributed by atoms with Crippen LogP contribution in [0.25, 0.3) is 0 Å². The van der Waals surface area contributed by atoms with Crippen LogP contribution < -0.4 is 10.1 Å². The molecule has 16 heavy (non-hydrogen) atoms. The molecule has 0 atom stereocenters. The lowest BCUT2D eigenvalue weighted by atomic mass is 10.1. The van der Waals surface area contributed by atoms with Crippen LogP contribution in [0.2, 0.25) is 0 Å². The first kappa shape index (κ1) is 11.0. The monoisotopic (exact) mass is 234 g/mol. The van der Waals surface area contributed by atoms with E-state index in [0.717, 1.165) is 23.0 Å². The normalized spacial score (nSPS) is 10.1. The Morgan fingerprint density at radius 2 is 2.06 bits per heavy atom. The Kier molecular flexibility index (Phi) is 3.41. The van der Waals surface area contributed by atoms with Gasteiger partial charge in [-0.05, 0) is 17.7 Å². The van der Waals surface area contributed by atoms with Crippen molar-refractivity contribution in [2.45, 2.75) is 6.42 Å².